The Labute approximate surface area is 109 Å². The number of nitrogens with zero attached hydrogens (tertiary/aromatic N) is 3. The highest BCUT2D eigenvalue weighted by Crippen LogP contribution is 2.13. The van der Waals surface area contributed by atoms with E-state index >= 15 is 0 Å². The van der Waals surface area contributed by atoms with Gasteiger partial charge >= 0.3 is 0 Å². The van der Waals surface area contributed by atoms with Gasteiger partial charge in [-0.05, 0) is 11.4 Å². The van der Waals surface area contributed by atoms with Crippen LogP contribution in [0.4, 0.5) is 0 Å². The SMILES string of the molecule is COCCN(Cc1cccs1)C(=O)c1ncn[nH]1. The van der Waals surface area contributed by atoms with Gasteiger partial charge < -0.3 is 9.64 Å². The molecule has 2 aromatic heterocycles. The fourth-order valence-electron chi connectivity index (χ4n) is 1.50. The second-order valence-electron chi connectivity index (χ2n) is 3.63. The van der Waals surface area contributed by atoms with Crippen LogP contribution in [-0.2, 0) is 11.3 Å². The number of carbonyl (C=O) groups is 1. The van der Waals surface area contributed by atoms with Crippen LogP contribution < -0.4 is 0 Å². The number of aromatic amines is 1. The largest absolute Gasteiger partial charge is 0.383 e. The zero-order valence-electron chi connectivity index (χ0n) is 10.00. The van der Waals surface area contributed by atoms with E-state index in [0.29, 0.717) is 19.7 Å². The summed E-state index contributed by atoms with van der Waals surface area (Å²) in [6, 6.07) is 3.96. The van der Waals surface area contributed by atoms with E-state index in [1.165, 1.54) is 6.33 Å². The minimum Gasteiger partial charge on any atom is -0.383 e. The van der Waals surface area contributed by atoms with Crippen molar-refractivity contribution in [1.29, 1.82) is 0 Å². The van der Waals surface area contributed by atoms with Crippen LogP contribution in [0.1, 0.15) is 15.5 Å². The number of ether oxygens (including phenoxy) is 1. The Morgan fingerprint density at radius 1 is 1.61 bits per heavy atom. The lowest BCUT2D eigenvalue weighted by molar-refractivity contribution is 0.0671. The molecule has 0 unspecified atom stereocenters. The summed E-state index contributed by atoms with van der Waals surface area (Å²) in [4.78, 5) is 18.9. The predicted octanol–water partition coefficient (Wildman–Crippen LogP) is 1.16. The maximum atomic E-state index is 12.2. The summed E-state index contributed by atoms with van der Waals surface area (Å²) in [7, 11) is 1.61. The molecule has 0 saturated heterocycles. The van der Waals surface area contributed by atoms with E-state index in [1.54, 1.807) is 23.3 Å². The van der Waals surface area contributed by atoms with Crippen LogP contribution in [-0.4, -0.2) is 46.2 Å². The Kier molecular flexibility index (Phi) is 4.43. The van der Waals surface area contributed by atoms with Crippen molar-refractivity contribution in [3.05, 3.63) is 34.5 Å². The molecule has 0 aliphatic heterocycles. The van der Waals surface area contributed by atoms with E-state index in [-0.39, 0.29) is 11.7 Å². The Morgan fingerprint density at radius 2 is 2.50 bits per heavy atom. The van der Waals surface area contributed by atoms with Gasteiger partial charge in [0.1, 0.15) is 6.33 Å². The molecule has 0 radical (unpaired) electrons. The fourth-order valence-corrected chi connectivity index (χ4v) is 2.22. The fraction of sp³-hybridized carbons (Fsp3) is 0.364. The van der Waals surface area contributed by atoms with Crippen LogP contribution in [0.3, 0.4) is 0 Å². The molecular formula is C11H14N4O2S. The molecule has 1 N–H and O–H groups in total. The molecular weight excluding hydrogens is 252 g/mol. The highest BCUT2D eigenvalue weighted by atomic mass is 32.1. The van der Waals surface area contributed by atoms with Crippen molar-refractivity contribution in [2.75, 3.05) is 20.3 Å². The lowest BCUT2D eigenvalue weighted by Crippen LogP contribution is -2.33. The van der Waals surface area contributed by atoms with Crippen LogP contribution in [0.15, 0.2) is 23.8 Å². The monoisotopic (exact) mass is 266 g/mol. The molecule has 2 aromatic rings. The number of aromatic nitrogens is 3. The molecule has 0 spiro atoms. The third kappa shape index (κ3) is 3.14. The summed E-state index contributed by atoms with van der Waals surface area (Å²) in [6.07, 6.45) is 1.33. The standard InChI is InChI=1S/C11H14N4O2S/c1-17-5-4-15(7-9-3-2-6-18-9)11(16)10-12-8-13-14-10/h2-3,6,8H,4-5,7H2,1H3,(H,12,13,14). The highest BCUT2D eigenvalue weighted by Gasteiger charge is 2.18. The number of rotatable bonds is 6. The van der Waals surface area contributed by atoms with E-state index in [0.717, 1.165) is 4.88 Å². The van der Waals surface area contributed by atoms with E-state index in [4.69, 9.17) is 4.74 Å². The molecule has 0 aliphatic rings. The smallest absolute Gasteiger partial charge is 0.291 e. The molecule has 0 fully saturated rings. The zero-order valence-corrected chi connectivity index (χ0v) is 10.8. The number of H-pyrrole nitrogens is 1. The van der Waals surface area contributed by atoms with Gasteiger partial charge in [0.15, 0.2) is 0 Å². The molecule has 1 amide bonds. The van der Waals surface area contributed by atoms with Gasteiger partial charge in [0.2, 0.25) is 5.82 Å². The van der Waals surface area contributed by atoms with Crippen molar-refractivity contribution in [2.45, 2.75) is 6.54 Å². The average molecular weight is 266 g/mol. The van der Waals surface area contributed by atoms with Gasteiger partial charge in [0.05, 0.1) is 13.2 Å². The number of thiophene rings is 1. The molecule has 96 valence electrons. The first-order valence-electron chi connectivity index (χ1n) is 5.47. The summed E-state index contributed by atoms with van der Waals surface area (Å²) in [6.45, 7) is 1.57. The number of carbonyl (C=O) groups excluding carboxylic acids is 1. The molecule has 0 saturated carbocycles. The molecule has 6 nitrogen and oxygen atoms in total. The Balaban J connectivity index is 2.07. The summed E-state index contributed by atoms with van der Waals surface area (Å²) >= 11 is 1.62. The average Bonchev–Trinajstić information content (AvgIpc) is 3.06. The number of methoxy groups -OCH3 is 1. The first-order valence-corrected chi connectivity index (χ1v) is 6.35. The number of nitrogens with one attached hydrogen (secondary N) is 1. The maximum absolute atomic E-state index is 12.2. The van der Waals surface area contributed by atoms with Gasteiger partial charge in [0.25, 0.3) is 5.91 Å². The van der Waals surface area contributed by atoms with Crippen LogP contribution in [0, 0.1) is 0 Å². The molecule has 0 atom stereocenters. The van der Waals surface area contributed by atoms with Crippen molar-refractivity contribution in [3.8, 4) is 0 Å². The zero-order chi connectivity index (χ0) is 12.8. The Morgan fingerprint density at radius 3 is 3.11 bits per heavy atom. The van der Waals surface area contributed by atoms with Crippen LogP contribution >= 0.6 is 11.3 Å². The van der Waals surface area contributed by atoms with E-state index in [1.807, 2.05) is 17.5 Å². The van der Waals surface area contributed by atoms with E-state index in [2.05, 4.69) is 15.2 Å². The summed E-state index contributed by atoms with van der Waals surface area (Å²) in [5.41, 5.74) is 0. The van der Waals surface area contributed by atoms with Crippen LogP contribution in [0.5, 0.6) is 0 Å². The molecule has 2 heterocycles. The second kappa shape index (κ2) is 6.27. The molecule has 7 heteroatoms. The third-order valence-corrected chi connectivity index (χ3v) is 3.26. The molecule has 0 aromatic carbocycles. The molecule has 2 rings (SSSR count). The normalized spacial score (nSPS) is 10.5. The topological polar surface area (TPSA) is 71.1 Å². The Bertz CT molecular complexity index is 469. The van der Waals surface area contributed by atoms with Gasteiger partial charge in [-0.2, -0.15) is 5.10 Å². The van der Waals surface area contributed by atoms with Crippen molar-refractivity contribution in [3.63, 3.8) is 0 Å². The van der Waals surface area contributed by atoms with Crippen molar-refractivity contribution >= 4 is 17.2 Å². The van der Waals surface area contributed by atoms with E-state index in [9.17, 15) is 4.79 Å². The maximum Gasteiger partial charge on any atom is 0.291 e. The lowest BCUT2D eigenvalue weighted by Gasteiger charge is -2.20. The van der Waals surface area contributed by atoms with Crippen molar-refractivity contribution in [2.24, 2.45) is 0 Å². The van der Waals surface area contributed by atoms with Gasteiger partial charge in [-0.1, -0.05) is 6.07 Å². The summed E-state index contributed by atoms with van der Waals surface area (Å²) in [5, 5.41) is 8.26. The first kappa shape index (κ1) is 12.7. The minimum atomic E-state index is -0.169. The van der Waals surface area contributed by atoms with E-state index < -0.39 is 0 Å². The van der Waals surface area contributed by atoms with Gasteiger partial charge in [0, 0.05) is 18.5 Å². The number of hydrogen-bond acceptors (Lipinski definition) is 5. The van der Waals surface area contributed by atoms with Gasteiger partial charge in [-0.15, -0.1) is 11.3 Å². The number of hydrogen-bond donors (Lipinski definition) is 1. The van der Waals surface area contributed by atoms with Crippen molar-refractivity contribution < 1.29 is 9.53 Å². The second-order valence-corrected chi connectivity index (χ2v) is 4.67. The molecule has 0 aliphatic carbocycles. The Hall–Kier alpha value is -1.73. The minimum absolute atomic E-state index is 0.169. The lowest BCUT2D eigenvalue weighted by atomic mass is 10.3. The predicted molar refractivity (Wildman–Crippen MR) is 67.3 cm³/mol. The first-order chi connectivity index (χ1) is 8.81. The van der Waals surface area contributed by atoms with Crippen LogP contribution in [0.2, 0.25) is 0 Å². The summed E-state index contributed by atoms with van der Waals surface area (Å²) < 4.78 is 5.02. The quantitative estimate of drug-likeness (QED) is 0.851. The van der Waals surface area contributed by atoms with Gasteiger partial charge in [-0.25, -0.2) is 4.98 Å². The third-order valence-electron chi connectivity index (χ3n) is 2.40. The highest BCUT2D eigenvalue weighted by molar-refractivity contribution is 7.09. The number of amides is 1. The molecule has 0 bridgehead atoms. The molecule has 18 heavy (non-hydrogen) atoms. The van der Waals surface area contributed by atoms with Crippen LogP contribution in [0.25, 0.3) is 0 Å². The van der Waals surface area contributed by atoms with Crippen molar-refractivity contribution in [1.82, 2.24) is 20.1 Å². The van der Waals surface area contributed by atoms with Gasteiger partial charge in [-0.3, -0.25) is 9.89 Å². The summed E-state index contributed by atoms with van der Waals surface area (Å²) in [5.74, 6) is 0.0839.